The van der Waals surface area contributed by atoms with E-state index in [4.69, 9.17) is 10.5 Å². The molecule has 0 aromatic carbocycles. The first-order chi connectivity index (χ1) is 10.2. The van der Waals surface area contributed by atoms with E-state index < -0.39 is 6.10 Å². The van der Waals surface area contributed by atoms with Gasteiger partial charge >= 0.3 is 0 Å². The van der Waals surface area contributed by atoms with Gasteiger partial charge in [-0.05, 0) is 24.5 Å². The number of pyridine rings is 1. The van der Waals surface area contributed by atoms with Gasteiger partial charge in [0.15, 0.2) is 0 Å². The molecule has 1 aromatic heterocycles. The molecule has 3 rings (SSSR count). The molecule has 2 fully saturated rings. The summed E-state index contributed by atoms with van der Waals surface area (Å²) >= 11 is 0. The van der Waals surface area contributed by atoms with Gasteiger partial charge in [0.1, 0.15) is 5.82 Å². The average Bonchev–Trinajstić information content (AvgIpc) is 3.01. The highest BCUT2D eigenvalue weighted by Crippen LogP contribution is 2.39. The third kappa shape index (κ3) is 2.91. The van der Waals surface area contributed by atoms with E-state index in [1.807, 2.05) is 12.1 Å². The minimum Gasteiger partial charge on any atom is -0.391 e. The van der Waals surface area contributed by atoms with E-state index in [1.54, 1.807) is 6.20 Å². The molecule has 116 valence electrons. The van der Waals surface area contributed by atoms with E-state index in [9.17, 15) is 5.11 Å². The monoisotopic (exact) mass is 291 g/mol. The number of morpholine rings is 1. The van der Waals surface area contributed by atoms with Crippen molar-refractivity contribution in [1.82, 2.24) is 9.88 Å². The smallest absolute Gasteiger partial charge is 0.126 e. The number of nitrogens with zero attached hydrogens (tertiary/aromatic N) is 2. The summed E-state index contributed by atoms with van der Waals surface area (Å²) in [6, 6.07) is 3.85. The lowest BCUT2D eigenvalue weighted by Gasteiger charge is -2.46. The summed E-state index contributed by atoms with van der Waals surface area (Å²) in [4.78, 5) is 6.57. The number of aromatic nitrogens is 1. The van der Waals surface area contributed by atoms with Crippen LogP contribution < -0.4 is 5.73 Å². The van der Waals surface area contributed by atoms with Crippen molar-refractivity contribution in [2.24, 2.45) is 0 Å². The first-order valence-corrected chi connectivity index (χ1v) is 7.93. The van der Waals surface area contributed by atoms with Crippen molar-refractivity contribution >= 4 is 5.82 Å². The molecule has 1 saturated carbocycles. The molecule has 3 N–H and O–H groups in total. The van der Waals surface area contributed by atoms with Crippen molar-refractivity contribution in [3.63, 3.8) is 0 Å². The molecular weight excluding hydrogens is 266 g/mol. The number of anilines is 1. The minimum atomic E-state index is -0.399. The summed E-state index contributed by atoms with van der Waals surface area (Å²) in [7, 11) is 0. The quantitative estimate of drug-likeness (QED) is 0.872. The highest BCUT2D eigenvalue weighted by atomic mass is 16.5. The molecule has 0 amide bonds. The Balaban J connectivity index is 1.78. The Morgan fingerprint density at radius 3 is 2.71 bits per heavy atom. The topological polar surface area (TPSA) is 71.6 Å². The molecule has 0 spiro atoms. The molecule has 1 unspecified atom stereocenters. The first kappa shape index (κ1) is 14.8. The normalized spacial score (nSPS) is 24.0. The zero-order valence-corrected chi connectivity index (χ0v) is 12.5. The molecule has 1 saturated heterocycles. The van der Waals surface area contributed by atoms with Crippen molar-refractivity contribution in [1.29, 1.82) is 0 Å². The second-order valence-corrected chi connectivity index (χ2v) is 6.18. The minimum absolute atomic E-state index is 0.105. The molecule has 21 heavy (non-hydrogen) atoms. The van der Waals surface area contributed by atoms with Crippen molar-refractivity contribution in [3.05, 3.63) is 23.9 Å². The van der Waals surface area contributed by atoms with E-state index >= 15 is 0 Å². The van der Waals surface area contributed by atoms with Gasteiger partial charge in [0.2, 0.25) is 0 Å². The van der Waals surface area contributed by atoms with Crippen LogP contribution in [-0.2, 0) is 11.2 Å². The van der Waals surface area contributed by atoms with Crippen molar-refractivity contribution in [3.8, 4) is 0 Å². The highest BCUT2D eigenvalue weighted by Gasteiger charge is 2.45. The van der Waals surface area contributed by atoms with Gasteiger partial charge in [-0.3, -0.25) is 4.90 Å². The van der Waals surface area contributed by atoms with Crippen molar-refractivity contribution < 1.29 is 9.84 Å². The van der Waals surface area contributed by atoms with Gasteiger partial charge in [0.05, 0.1) is 19.3 Å². The van der Waals surface area contributed by atoms with E-state index in [1.165, 1.54) is 12.8 Å². The number of nitrogen functional groups attached to an aromatic ring is 1. The molecule has 0 bridgehead atoms. The predicted octanol–water partition coefficient (Wildman–Crippen LogP) is 1.21. The van der Waals surface area contributed by atoms with Crippen LogP contribution in [0.15, 0.2) is 18.3 Å². The predicted molar refractivity (Wildman–Crippen MR) is 82.0 cm³/mol. The molecule has 1 aliphatic heterocycles. The first-order valence-electron chi connectivity index (χ1n) is 7.93. The summed E-state index contributed by atoms with van der Waals surface area (Å²) in [5, 5.41) is 11.0. The van der Waals surface area contributed by atoms with E-state index in [0.717, 1.165) is 44.7 Å². The van der Waals surface area contributed by atoms with Gasteiger partial charge in [0, 0.05) is 31.2 Å². The lowest BCUT2D eigenvalue weighted by atomic mass is 9.84. The Morgan fingerprint density at radius 1 is 1.33 bits per heavy atom. The zero-order chi connectivity index (χ0) is 14.7. The lowest BCUT2D eigenvalue weighted by molar-refractivity contribution is -0.0753. The Morgan fingerprint density at radius 2 is 2.05 bits per heavy atom. The standard InChI is InChI=1S/C16H25N3O2/c17-15-13(4-3-7-18-15)12-14(20)16(5-1-2-6-16)19-8-10-21-11-9-19/h3-4,7,14,20H,1-2,5-6,8-12H2,(H2,17,18). The van der Waals surface area contributed by atoms with Gasteiger partial charge in [0.25, 0.3) is 0 Å². The molecule has 2 aliphatic rings. The van der Waals surface area contributed by atoms with Crippen LogP contribution in [0.3, 0.4) is 0 Å². The number of nitrogens with two attached hydrogens (primary N) is 1. The maximum atomic E-state index is 11.0. The Hall–Kier alpha value is -1.17. The third-order valence-corrected chi connectivity index (χ3v) is 5.07. The second-order valence-electron chi connectivity index (χ2n) is 6.18. The van der Waals surface area contributed by atoms with Crippen molar-refractivity contribution in [2.75, 3.05) is 32.0 Å². The molecular formula is C16H25N3O2. The number of aliphatic hydroxyl groups is 1. The second kappa shape index (κ2) is 6.30. The van der Waals surface area contributed by atoms with Crippen LogP contribution >= 0.6 is 0 Å². The van der Waals surface area contributed by atoms with Crippen LogP contribution in [0.5, 0.6) is 0 Å². The van der Waals surface area contributed by atoms with Crippen LogP contribution in [0, 0.1) is 0 Å². The van der Waals surface area contributed by atoms with Gasteiger partial charge < -0.3 is 15.6 Å². The van der Waals surface area contributed by atoms with Gasteiger partial charge in [-0.15, -0.1) is 0 Å². The highest BCUT2D eigenvalue weighted by molar-refractivity contribution is 5.39. The van der Waals surface area contributed by atoms with E-state index in [0.29, 0.717) is 12.2 Å². The molecule has 2 heterocycles. The van der Waals surface area contributed by atoms with Crippen LogP contribution in [0.25, 0.3) is 0 Å². The van der Waals surface area contributed by atoms with Crippen LogP contribution in [0.4, 0.5) is 5.82 Å². The molecule has 1 aromatic rings. The SMILES string of the molecule is Nc1ncccc1CC(O)C1(N2CCOCC2)CCCC1. The molecule has 5 heteroatoms. The Bertz CT molecular complexity index is 468. The fourth-order valence-electron chi connectivity index (χ4n) is 3.88. The fourth-order valence-corrected chi connectivity index (χ4v) is 3.88. The van der Waals surface area contributed by atoms with Gasteiger partial charge in [-0.25, -0.2) is 4.98 Å². The third-order valence-electron chi connectivity index (χ3n) is 5.07. The number of hydrogen-bond acceptors (Lipinski definition) is 5. The average molecular weight is 291 g/mol. The van der Waals surface area contributed by atoms with Crippen molar-refractivity contribution in [2.45, 2.75) is 43.7 Å². The largest absolute Gasteiger partial charge is 0.391 e. The summed E-state index contributed by atoms with van der Waals surface area (Å²) in [5.74, 6) is 0.534. The van der Waals surface area contributed by atoms with E-state index in [-0.39, 0.29) is 5.54 Å². The number of hydrogen-bond donors (Lipinski definition) is 2. The van der Waals surface area contributed by atoms with E-state index in [2.05, 4.69) is 9.88 Å². The summed E-state index contributed by atoms with van der Waals surface area (Å²) in [6.45, 7) is 3.37. The summed E-state index contributed by atoms with van der Waals surface area (Å²) < 4.78 is 5.47. The molecule has 1 atom stereocenters. The Kier molecular flexibility index (Phi) is 4.42. The molecule has 1 aliphatic carbocycles. The zero-order valence-electron chi connectivity index (χ0n) is 12.5. The maximum Gasteiger partial charge on any atom is 0.126 e. The number of aliphatic hydroxyl groups excluding tert-OH is 1. The molecule has 5 nitrogen and oxygen atoms in total. The molecule has 0 radical (unpaired) electrons. The Labute approximate surface area is 126 Å². The van der Waals surface area contributed by atoms with Gasteiger partial charge in [-0.2, -0.15) is 0 Å². The lowest BCUT2D eigenvalue weighted by Crippen LogP contribution is -2.59. The number of rotatable bonds is 4. The van der Waals surface area contributed by atoms with Crippen LogP contribution in [0.1, 0.15) is 31.2 Å². The summed E-state index contributed by atoms with van der Waals surface area (Å²) in [6.07, 6.45) is 6.39. The fraction of sp³-hybridized carbons (Fsp3) is 0.688. The van der Waals surface area contributed by atoms with Gasteiger partial charge in [-0.1, -0.05) is 18.9 Å². The maximum absolute atomic E-state index is 11.0. The summed E-state index contributed by atoms with van der Waals surface area (Å²) in [5.41, 5.74) is 6.78. The number of ether oxygens (including phenoxy) is 1. The van der Waals surface area contributed by atoms with Crippen LogP contribution in [0.2, 0.25) is 0 Å². The van der Waals surface area contributed by atoms with Crippen LogP contribution in [-0.4, -0.2) is 52.9 Å².